The minimum atomic E-state index is -1.15. The Morgan fingerprint density at radius 3 is 2.55 bits per heavy atom. The van der Waals surface area contributed by atoms with Crippen molar-refractivity contribution in [1.29, 1.82) is 0 Å². The maximum absolute atomic E-state index is 10.4. The summed E-state index contributed by atoms with van der Waals surface area (Å²) >= 11 is 5.50. The average molecular weight is 176 g/mol. The van der Waals surface area contributed by atoms with Crippen LogP contribution in [0.5, 0.6) is 5.75 Å². The average Bonchev–Trinajstić information content (AvgIpc) is 1.94. The molecule has 0 aromatic heterocycles. The standard InChI is InChI=1S/C6H6ClNO3/c7-5-2-1-4(9)3-6(5)8(10)11/h1-3,8-10H. The van der Waals surface area contributed by atoms with E-state index in [-0.39, 0.29) is 16.5 Å². The molecule has 1 aromatic rings. The van der Waals surface area contributed by atoms with E-state index < -0.39 is 5.23 Å². The summed E-state index contributed by atoms with van der Waals surface area (Å²) in [5, 5.41) is 26.7. The van der Waals surface area contributed by atoms with Gasteiger partial charge in [-0.25, -0.2) is 5.21 Å². The number of phenolic OH excluding ortho intramolecular Hbond substituents is 1. The number of hydrogen-bond donors (Lipinski definition) is 3. The fraction of sp³-hybridized carbons (Fsp3) is 0. The lowest BCUT2D eigenvalue weighted by Crippen LogP contribution is -2.99. The molecular formula is C6H6ClNO3. The first-order valence-corrected chi connectivity index (χ1v) is 3.21. The molecule has 0 spiro atoms. The van der Waals surface area contributed by atoms with Crippen LogP contribution in [0.3, 0.4) is 0 Å². The minimum Gasteiger partial charge on any atom is -0.595 e. The van der Waals surface area contributed by atoms with Crippen molar-refractivity contribution in [3.63, 3.8) is 0 Å². The molecule has 1 unspecified atom stereocenters. The Morgan fingerprint density at radius 2 is 2.09 bits per heavy atom. The van der Waals surface area contributed by atoms with Gasteiger partial charge in [-0.2, -0.15) is 5.23 Å². The molecule has 0 saturated heterocycles. The third-order valence-corrected chi connectivity index (χ3v) is 1.51. The van der Waals surface area contributed by atoms with Crippen molar-refractivity contribution in [2.45, 2.75) is 0 Å². The van der Waals surface area contributed by atoms with Gasteiger partial charge in [-0.1, -0.05) is 11.6 Å². The van der Waals surface area contributed by atoms with Crippen LogP contribution in [0.4, 0.5) is 5.69 Å². The van der Waals surface area contributed by atoms with E-state index in [0.717, 1.165) is 6.07 Å². The van der Waals surface area contributed by atoms with E-state index in [0.29, 0.717) is 0 Å². The second-order valence-electron chi connectivity index (χ2n) is 1.97. The molecule has 0 aliphatic rings. The molecule has 0 radical (unpaired) electrons. The zero-order valence-corrected chi connectivity index (χ0v) is 6.17. The molecular weight excluding hydrogens is 170 g/mol. The normalized spacial score (nSPS) is 13.0. The van der Waals surface area contributed by atoms with Crippen LogP contribution in [-0.2, 0) is 0 Å². The lowest BCUT2D eigenvalue weighted by Gasteiger charge is -2.12. The van der Waals surface area contributed by atoms with Gasteiger partial charge in [-0.05, 0) is 12.1 Å². The highest BCUT2D eigenvalue weighted by atomic mass is 35.5. The fourth-order valence-corrected chi connectivity index (χ4v) is 0.876. The maximum atomic E-state index is 10.4. The van der Waals surface area contributed by atoms with Crippen LogP contribution in [0.15, 0.2) is 18.2 Å². The van der Waals surface area contributed by atoms with Gasteiger partial charge in [0.2, 0.25) is 0 Å². The van der Waals surface area contributed by atoms with Crippen LogP contribution in [-0.4, -0.2) is 10.3 Å². The van der Waals surface area contributed by atoms with Gasteiger partial charge in [0, 0.05) is 6.07 Å². The molecule has 0 fully saturated rings. The van der Waals surface area contributed by atoms with E-state index in [1.54, 1.807) is 0 Å². The van der Waals surface area contributed by atoms with Crippen LogP contribution in [0.1, 0.15) is 0 Å². The predicted octanol–water partition coefficient (Wildman–Crippen LogP) is 0.449. The molecule has 1 rings (SSSR count). The van der Waals surface area contributed by atoms with Crippen molar-refractivity contribution in [2.24, 2.45) is 0 Å². The monoisotopic (exact) mass is 175 g/mol. The van der Waals surface area contributed by atoms with Crippen molar-refractivity contribution in [2.75, 3.05) is 0 Å². The van der Waals surface area contributed by atoms with Gasteiger partial charge in [0.05, 0.1) is 0 Å². The summed E-state index contributed by atoms with van der Waals surface area (Å²) in [5.74, 6) is -0.105. The molecule has 0 heterocycles. The van der Waals surface area contributed by atoms with Gasteiger partial charge in [-0.15, -0.1) is 0 Å². The summed E-state index contributed by atoms with van der Waals surface area (Å²) in [6.07, 6.45) is 0. The van der Waals surface area contributed by atoms with Crippen molar-refractivity contribution < 1.29 is 15.5 Å². The predicted molar refractivity (Wildman–Crippen MR) is 38.9 cm³/mol. The molecule has 0 aliphatic heterocycles. The molecule has 0 bridgehead atoms. The minimum absolute atomic E-state index is 0.0910. The second-order valence-corrected chi connectivity index (χ2v) is 2.38. The Bertz CT molecular complexity index is 264. The highest BCUT2D eigenvalue weighted by molar-refractivity contribution is 6.32. The molecule has 3 N–H and O–H groups in total. The molecule has 5 heteroatoms. The Kier molecular flexibility index (Phi) is 2.31. The highest BCUT2D eigenvalue weighted by Crippen LogP contribution is 2.22. The molecule has 11 heavy (non-hydrogen) atoms. The quantitative estimate of drug-likeness (QED) is 0.543. The summed E-state index contributed by atoms with van der Waals surface area (Å²) in [7, 11) is 0. The van der Waals surface area contributed by atoms with E-state index in [9.17, 15) is 5.21 Å². The van der Waals surface area contributed by atoms with Gasteiger partial charge in [0.1, 0.15) is 10.8 Å². The number of benzene rings is 1. The lowest BCUT2D eigenvalue weighted by molar-refractivity contribution is -0.991. The molecule has 0 aliphatic carbocycles. The number of aromatic hydroxyl groups is 1. The largest absolute Gasteiger partial charge is 0.595 e. The van der Waals surface area contributed by atoms with Crippen molar-refractivity contribution in [1.82, 2.24) is 0 Å². The summed E-state index contributed by atoms with van der Waals surface area (Å²) in [5.41, 5.74) is -0.0910. The van der Waals surface area contributed by atoms with Crippen LogP contribution >= 0.6 is 11.6 Å². The molecule has 0 amide bonds. The molecule has 1 aromatic carbocycles. The van der Waals surface area contributed by atoms with Gasteiger partial charge in [0.25, 0.3) is 0 Å². The first-order chi connectivity index (χ1) is 5.11. The zero-order chi connectivity index (χ0) is 8.43. The molecule has 0 saturated carbocycles. The Morgan fingerprint density at radius 1 is 1.45 bits per heavy atom. The van der Waals surface area contributed by atoms with Crippen LogP contribution in [0, 0.1) is 5.21 Å². The Balaban J connectivity index is 3.13. The van der Waals surface area contributed by atoms with Gasteiger partial charge in [-0.3, -0.25) is 0 Å². The van der Waals surface area contributed by atoms with Crippen molar-refractivity contribution >= 4 is 17.3 Å². The topological polar surface area (TPSA) is 68.0 Å². The zero-order valence-electron chi connectivity index (χ0n) is 5.41. The van der Waals surface area contributed by atoms with Gasteiger partial charge in [0.15, 0.2) is 5.69 Å². The summed E-state index contributed by atoms with van der Waals surface area (Å²) in [6.45, 7) is 0. The maximum Gasteiger partial charge on any atom is 0.186 e. The lowest BCUT2D eigenvalue weighted by atomic mass is 10.3. The molecule has 60 valence electrons. The highest BCUT2D eigenvalue weighted by Gasteiger charge is 2.06. The third kappa shape index (κ3) is 1.81. The van der Waals surface area contributed by atoms with Crippen LogP contribution in [0.25, 0.3) is 0 Å². The first kappa shape index (κ1) is 8.29. The Labute approximate surface area is 67.8 Å². The third-order valence-electron chi connectivity index (χ3n) is 1.18. The van der Waals surface area contributed by atoms with E-state index >= 15 is 0 Å². The van der Waals surface area contributed by atoms with Crippen molar-refractivity contribution in [3.05, 3.63) is 28.4 Å². The van der Waals surface area contributed by atoms with E-state index in [2.05, 4.69) is 0 Å². The second kappa shape index (κ2) is 3.06. The van der Waals surface area contributed by atoms with E-state index in [1.165, 1.54) is 12.1 Å². The van der Waals surface area contributed by atoms with Crippen molar-refractivity contribution in [3.8, 4) is 5.75 Å². The number of nitrogens with one attached hydrogen (secondary N) is 1. The Hall–Kier alpha value is -0.810. The number of rotatable bonds is 1. The molecule has 1 atom stereocenters. The van der Waals surface area contributed by atoms with Gasteiger partial charge >= 0.3 is 0 Å². The van der Waals surface area contributed by atoms with Crippen LogP contribution < -0.4 is 5.23 Å². The summed E-state index contributed by atoms with van der Waals surface area (Å²) in [4.78, 5) is 0. The fourth-order valence-electron chi connectivity index (χ4n) is 0.677. The summed E-state index contributed by atoms with van der Waals surface area (Å²) in [6, 6.07) is 3.76. The number of hydrogen-bond acceptors (Lipinski definition) is 3. The number of quaternary nitrogens is 1. The number of halogens is 1. The van der Waals surface area contributed by atoms with Gasteiger partial charge < -0.3 is 10.3 Å². The SMILES string of the molecule is [O-][NH+](O)c1cc(O)ccc1Cl. The molecule has 4 nitrogen and oxygen atoms in total. The number of phenols is 1. The van der Waals surface area contributed by atoms with E-state index in [4.69, 9.17) is 21.9 Å². The first-order valence-electron chi connectivity index (χ1n) is 2.83. The van der Waals surface area contributed by atoms with E-state index in [1.807, 2.05) is 0 Å². The van der Waals surface area contributed by atoms with Crippen LogP contribution in [0.2, 0.25) is 5.02 Å². The smallest absolute Gasteiger partial charge is 0.186 e. The summed E-state index contributed by atoms with van der Waals surface area (Å²) < 4.78 is 0.